The van der Waals surface area contributed by atoms with Gasteiger partial charge in [0.25, 0.3) is 5.91 Å². The molecule has 0 fully saturated rings. The Balaban J connectivity index is 1.51. The Morgan fingerprint density at radius 2 is 1.88 bits per heavy atom. The number of benzene rings is 2. The van der Waals surface area contributed by atoms with Gasteiger partial charge in [-0.15, -0.1) is 16.4 Å². The summed E-state index contributed by atoms with van der Waals surface area (Å²) in [6.07, 6.45) is -3.84. The maximum Gasteiger partial charge on any atom is 0.416 e. The van der Waals surface area contributed by atoms with E-state index in [-0.39, 0.29) is 11.4 Å². The number of carbonyl (C=O) groups excluding carboxylic acids is 1. The number of hydrogen-bond acceptors (Lipinski definition) is 6. The maximum atomic E-state index is 13.0. The van der Waals surface area contributed by atoms with Crippen molar-refractivity contribution in [3.8, 4) is 11.4 Å². The SMILES string of the molecule is COc1ccc(Cc2sc(NC(=O)c3nnn(-c4cccc(C(F)(F)F)c4)c3C)nc2C)cc1. The second-order valence-electron chi connectivity index (χ2n) is 7.49. The molecule has 0 aliphatic heterocycles. The number of hydrogen-bond donors (Lipinski definition) is 1. The summed E-state index contributed by atoms with van der Waals surface area (Å²) in [6, 6.07) is 12.4. The molecule has 176 valence electrons. The minimum atomic E-state index is -4.49. The third kappa shape index (κ3) is 4.93. The molecule has 0 saturated heterocycles. The highest BCUT2D eigenvalue weighted by atomic mass is 32.1. The topological polar surface area (TPSA) is 81.9 Å². The van der Waals surface area contributed by atoms with Crippen molar-refractivity contribution >= 4 is 22.4 Å². The summed E-state index contributed by atoms with van der Waals surface area (Å²) in [5.41, 5.74) is 1.52. The van der Waals surface area contributed by atoms with Crippen LogP contribution in [0.2, 0.25) is 0 Å². The zero-order valence-corrected chi connectivity index (χ0v) is 19.3. The second-order valence-corrected chi connectivity index (χ2v) is 8.57. The fourth-order valence-electron chi connectivity index (χ4n) is 3.33. The average molecular weight is 488 g/mol. The van der Waals surface area contributed by atoms with Crippen molar-refractivity contribution in [1.29, 1.82) is 0 Å². The van der Waals surface area contributed by atoms with Crippen LogP contribution in [0.5, 0.6) is 5.75 Å². The first kappa shape index (κ1) is 23.4. The zero-order chi connectivity index (χ0) is 24.5. The highest BCUT2D eigenvalue weighted by molar-refractivity contribution is 7.15. The molecule has 2 aromatic heterocycles. The number of aromatic nitrogens is 4. The van der Waals surface area contributed by atoms with Crippen LogP contribution in [0, 0.1) is 13.8 Å². The van der Waals surface area contributed by atoms with E-state index in [4.69, 9.17) is 4.74 Å². The lowest BCUT2D eigenvalue weighted by molar-refractivity contribution is -0.137. The number of aryl methyl sites for hydroxylation is 1. The highest BCUT2D eigenvalue weighted by Crippen LogP contribution is 2.31. The first-order valence-corrected chi connectivity index (χ1v) is 11.0. The lowest BCUT2D eigenvalue weighted by Gasteiger charge is -2.09. The number of anilines is 1. The Morgan fingerprint density at radius 1 is 1.15 bits per heavy atom. The molecule has 0 bridgehead atoms. The number of alkyl halides is 3. The standard InChI is InChI=1S/C23H20F3N5O2S/c1-13-19(11-15-7-9-18(33-3)10-8-15)34-22(27-13)28-21(32)20-14(2)31(30-29-20)17-6-4-5-16(12-17)23(24,25)26/h4-10,12H,11H2,1-3H3,(H,27,28,32). The van der Waals surface area contributed by atoms with Gasteiger partial charge < -0.3 is 4.74 Å². The maximum absolute atomic E-state index is 13.0. The number of methoxy groups -OCH3 is 1. The molecule has 0 atom stereocenters. The van der Waals surface area contributed by atoms with Crippen LogP contribution in [0.4, 0.5) is 18.3 Å². The van der Waals surface area contributed by atoms with Gasteiger partial charge in [-0.1, -0.05) is 23.4 Å². The van der Waals surface area contributed by atoms with Crippen LogP contribution in [0.1, 0.15) is 37.9 Å². The molecular formula is C23H20F3N5O2S. The molecule has 2 aromatic carbocycles. The molecule has 7 nitrogen and oxygen atoms in total. The van der Waals surface area contributed by atoms with Gasteiger partial charge in [0.1, 0.15) is 5.75 Å². The molecule has 4 rings (SSSR count). The fraction of sp³-hybridized carbons (Fsp3) is 0.217. The van der Waals surface area contributed by atoms with Crippen LogP contribution >= 0.6 is 11.3 Å². The summed E-state index contributed by atoms with van der Waals surface area (Å²) in [5.74, 6) is 0.228. The monoisotopic (exact) mass is 487 g/mol. The summed E-state index contributed by atoms with van der Waals surface area (Å²) in [5, 5.41) is 10.9. The van der Waals surface area contributed by atoms with Crippen LogP contribution in [0.3, 0.4) is 0 Å². The van der Waals surface area contributed by atoms with E-state index in [0.717, 1.165) is 34.0 Å². The van der Waals surface area contributed by atoms with Crippen molar-refractivity contribution in [2.75, 3.05) is 12.4 Å². The molecule has 4 aromatic rings. The van der Waals surface area contributed by atoms with Crippen molar-refractivity contribution in [1.82, 2.24) is 20.0 Å². The van der Waals surface area contributed by atoms with E-state index in [1.165, 1.54) is 28.2 Å². The lowest BCUT2D eigenvalue weighted by Crippen LogP contribution is -2.14. The third-order valence-corrected chi connectivity index (χ3v) is 6.24. The van der Waals surface area contributed by atoms with Crippen LogP contribution < -0.4 is 10.1 Å². The molecule has 0 spiro atoms. The average Bonchev–Trinajstić information content (AvgIpc) is 3.35. The van der Waals surface area contributed by atoms with Crippen LogP contribution in [0.15, 0.2) is 48.5 Å². The minimum Gasteiger partial charge on any atom is -0.497 e. The summed E-state index contributed by atoms with van der Waals surface area (Å²) < 4.78 is 45.5. The van der Waals surface area contributed by atoms with Gasteiger partial charge in [0.15, 0.2) is 10.8 Å². The van der Waals surface area contributed by atoms with Crippen molar-refractivity contribution in [3.63, 3.8) is 0 Å². The van der Waals surface area contributed by atoms with Crippen LogP contribution in [-0.2, 0) is 12.6 Å². The Bertz CT molecular complexity index is 1330. The Hall–Kier alpha value is -3.73. The third-order valence-electron chi connectivity index (χ3n) is 5.16. The van der Waals surface area contributed by atoms with Gasteiger partial charge in [0.05, 0.1) is 29.7 Å². The molecule has 2 heterocycles. The van der Waals surface area contributed by atoms with Gasteiger partial charge in [0.2, 0.25) is 0 Å². The highest BCUT2D eigenvalue weighted by Gasteiger charge is 2.31. The van der Waals surface area contributed by atoms with Gasteiger partial charge in [-0.05, 0) is 49.7 Å². The van der Waals surface area contributed by atoms with E-state index in [1.54, 1.807) is 14.0 Å². The smallest absolute Gasteiger partial charge is 0.416 e. The molecule has 1 amide bonds. The van der Waals surface area contributed by atoms with Crippen LogP contribution in [0.25, 0.3) is 5.69 Å². The number of rotatable bonds is 6. The van der Waals surface area contributed by atoms with Gasteiger partial charge in [-0.25, -0.2) is 9.67 Å². The molecule has 0 aliphatic carbocycles. The van der Waals surface area contributed by atoms with Gasteiger partial charge in [0, 0.05) is 11.3 Å². The Morgan fingerprint density at radius 3 is 2.56 bits per heavy atom. The summed E-state index contributed by atoms with van der Waals surface area (Å²) in [6.45, 7) is 3.43. The minimum absolute atomic E-state index is 0.00182. The largest absolute Gasteiger partial charge is 0.497 e. The molecule has 0 unspecified atom stereocenters. The quantitative estimate of drug-likeness (QED) is 0.404. The summed E-state index contributed by atoms with van der Waals surface area (Å²) in [7, 11) is 1.61. The number of nitrogens with one attached hydrogen (secondary N) is 1. The van der Waals surface area contributed by atoms with E-state index in [2.05, 4.69) is 20.6 Å². The number of thiazole rings is 1. The van der Waals surface area contributed by atoms with Gasteiger partial charge in [-0.3, -0.25) is 10.1 Å². The molecule has 11 heteroatoms. The lowest BCUT2D eigenvalue weighted by atomic mass is 10.1. The first-order valence-electron chi connectivity index (χ1n) is 10.2. The zero-order valence-electron chi connectivity index (χ0n) is 18.5. The fourth-order valence-corrected chi connectivity index (χ4v) is 4.32. The number of ether oxygens (including phenoxy) is 1. The number of amides is 1. The Labute approximate surface area is 197 Å². The number of carbonyl (C=O) groups is 1. The van der Waals surface area contributed by atoms with Gasteiger partial charge in [-0.2, -0.15) is 13.2 Å². The first-order chi connectivity index (χ1) is 16.2. The van der Waals surface area contributed by atoms with Crippen LogP contribution in [-0.4, -0.2) is 33.0 Å². The van der Waals surface area contributed by atoms with Gasteiger partial charge >= 0.3 is 6.18 Å². The van der Waals surface area contributed by atoms with E-state index in [1.807, 2.05) is 31.2 Å². The van der Waals surface area contributed by atoms with Crippen molar-refractivity contribution in [3.05, 3.63) is 81.6 Å². The molecular weight excluding hydrogens is 467 g/mol. The van der Waals surface area contributed by atoms with Crippen molar-refractivity contribution in [2.45, 2.75) is 26.4 Å². The second kappa shape index (κ2) is 9.26. The summed E-state index contributed by atoms with van der Waals surface area (Å²) in [4.78, 5) is 18.2. The normalized spacial score (nSPS) is 11.5. The molecule has 0 aliphatic rings. The summed E-state index contributed by atoms with van der Waals surface area (Å²) >= 11 is 1.35. The van der Waals surface area contributed by atoms with E-state index in [9.17, 15) is 18.0 Å². The molecule has 34 heavy (non-hydrogen) atoms. The molecule has 0 radical (unpaired) electrons. The molecule has 1 N–H and O–H groups in total. The van der Waals surface area contributed by atoms with E-state index >= 15 is 0 Å². The van der Waals surface area contributed by atoms with E-state index in [0.29, 0.717) is 17.2 Å². The predicted molar refractivity (Wildman–Crippen MR) is 122 cm³/mol. The number of nitrogens with zero attached hydrogens (tertiary/aromatic N) is 4. The van der Waals surface area contributed by atoms with Crippen molar-refractivity contribution in [2.24, 2.45) is 0 Å². The van der Waals surface area contributed by atoms with E-state index < -0.39 is 17.6 Å². The Kier molecular flexibility index (Phi) is 6.38. The van der Waals surface area contributed by atoms with Crippen molar-refractivity contribution < 1.29 is 22.7 Å². The molecule has 0 saturated carbocycles. The number of halogens is 3. The predicted octanol–water partition coefficient (Wildman–Crippen LogP) is 5.21.